The summed E-state index contributed by atoms with van der Waals surface area (Å²) in [4.78, 5) is 2.40. The van der Waals surface area contributed by atoms with E-state index in [2.05, 4.69) is 231 Å². The van der Waals surface area contributed by atoms with Crippen molar-refractivity contribution in [3.8, 4) is 56.4 Å². The SMILES string of the molecule is CC1(C)c2ccccc2-c2ccc(N(c3cccc(-c4ccccc4)c3)c3cccc4c3Oc3cc(-c5ccccc5)ccc3C43c4ccccc4Oc4ccccc43)cc21. The molecule has 0 unspecified atom stereocenters. The zero-order valence-electron chi connectivity index (χ0n) is 34.0. The van der Waals surface area contributed by atoms with E-state index in [1.165, 1.54) is 22.3 Å². The summed E-state index contributed by atoms with van der Waals surface area (Å²) in [6.07, 6.45) is 0. The van der Waals surface area contributed by atoms with Gasteiger partial charge in [0.2, 0.25) is 0 Å². The monoisotopic (exact) mass is 783 g/mol. The maximum atomic E-state index is 7.47. The Hall–Kier alpha value is -7.62. The van der Waals surface area contributed by atoms with Crippen molar-refractivity contribution >= 4 is 17.1 Å². The number of anilines is 3. The second-order valence-corrected chi connectivity index (χ2v) is 16.8. The standard InChI is InChI=1S/C58H41NO2/c1-57(2)46-24-10-9-23-44(46)45-33-32-43(37-51(45)57)59(42-22-15-21-40(35-42)38-17-5-3-6-18-38)52-28-16-27-50-56(52)61-55-36-41(39-19-7-4-8-20-39)31-34-49(55)58(50)47-25-11-13-29-53(47)60-54-30-14-12-26-48(54)58/h3-37H,1-2H3. The van der Waals surface area contributed by atoms with Crippen molar-refractivity contribution in [2.45, 2.75) is 24.7 Å². The molecule has 9 aromatic carbocycles. The van der Waals surface area contributed by atoms with Crippen molar-refractivity contribution in [2.75, 3.05) is 4.90 Å². The summed E-state index contributed by atoms with van der Waals surface area (Å²) in [6.45, 7) is 4.70. The summed E-state index contributed by atoms with van der Waals surface area (Å²) in [5.41, 5.74) is 16.2. The second kappa shape index (κ2) is 13.5. The number of hydrogen-bond donors (Lipinski definition) is 0. The van der Waals surface area contributed by atoms with Crippen LogP contribution >= 0.6 is 0 Å². The molecule has 12 rings (SSSR count). The van der Waals surface area contributed by atoms with Crippen molar-refractivity contribution < 1.29 is 9.47 Å². The first kappa shape index (κ1) is 35.3. The van der Waals surface area contributed by atoms with Crippen LogP contribution in [-0.4, -0.2) is 0 Å². The van der Waals surface area contributed by atoms with Gasteiger partial charge in [0.1, 0.15) is 17.2 Å². The van der Waals surface area contributed by atoms with Gasteiger partial charge in [0.15, 0.2) is 5.75 Å². The molecule has 290 valence electrons. The summed E-state index contributed by atoms with van der Waals surface area (Å²) in [6, 6.07) is 76.4. The predicted molar refractivity (Wildman–Crippen MR) is 248 cm³/mol. The lowest BCUT2D eigenvalue weighted by atomic mass is 9.62. The van der Waals surface area contributed by atoms with Crippen LogP contribution in [0.2, 0.25) is 0 Å². The van der Waals surface area contributed by atoms with Crippen LogP contribution in [0, 0.1) is 0 Å². The number of rotatable bonds is 5. The third-order valence-corrected chi connectivity index (χ3v) is 13.2. The molecule has 0 fully saturated rings. The first-order valence-electron chi connectivity index (χ1n) is 21.1. The number of benzene rings is 9. The van der Waals surface area contributed by atoms with E-state index in [1.807, 2.05) is 0 Å². The molecule has 0 bridgehead atoms. The smallest absolute Gasteiger partial charge is 0.156 e. The van der Waals surface area contributed by atoms with Crippen molar-refractivity contribution in [3.63, 3.8) is 0 Å². The van der Waals surface area contributed by atoms with Crippen molar-refractivity contribution in [1.82, 2.24) is 0 Å². The largest absolute Gasteiger partial charge is 0.457 e. The van der Waals surface area contributed by atoms with E-state index in [-0.39, 0.29) is 5.41 Å². The summed E-state index contributed by atoms with van der Waals surface area (Å²) in [5.74, 6) is 3.30. The average Bonchev–Trinajstić information content (AvgIpc) is 3.55. The number of hydrogen-bond acceptors (Lipinski definition) is 3. The topological polar surface area (TPSA) is 21.7 Å². The van der Waals surface area contributed by atoms with E-state index in [0.29, 0.717) is 0 Å². The highest BCUT2D eigenvalue weighted by molar-refractivity contribution is 5.90. The quantitative estimate of drug-likeness (QED) is 0.174. The molecule has 61 heavy (non-hydrogen) atoms. The zero-order valence-corrected chi connectivity index (χ0v) is 34.0. The molecule has 3 nitrogen and oxygen atoms in total. The minimum absolute atomic E-state index is 0.182. The van der Waals surface area contributed by atoms with E-state index in [1.54, 1.807) is 0 Å². The molecule has 3 heteroatoms. The lowest BCUT2D eigenvalue weighted by molar-refractivity contribution is 0.400. The molecular formula is C58H41NO2. The first-order chi connectivity index (χ1) is 30.0. The van der Waals surface area contributed by atoms with Crippen molar-refractivity contribution in [2.24, 2.45) is 0 Å². The minimum atomic E-state index is -0.751. The molecule has 3 aliphatic rings. The Morgan fingerprint density at radius 3 is 1.61 bits per heavy atom. The van der Waals surface area contributed by atoms with Gasteiger partial charge < -0.3 is 14.4 Å². The first-order valence-corrected chi connectivity index (χ1v) is 21.1. The fourth-order valence-electron chi connectivity index (χ4n) is 10.4. The Morgan fingerprint density at radius 1 is 0.344 bits per heavy atom. The molecule has 0 N–H and O–H groups in total. The lowest BCUT2D eigenvalue weighted by Crippen LogP contribution is -2.37. The molecule has 1 aliphatic carbocycles. The van der Waals surface area contributed by atoms with Crippen LogP contribution < -0.4 is 14.4 Å². The van der Waals surface area contributed by atoms with Gasteiger partial charge in [0.25, 0.3) is 0 Å². The van der Waals surface area contributed by atoms with Crippen LogP contribution in [0.5, 0.6) is 23.0 Å². The van der Waals surface area contributed by atoms with Gasteiger partial charge >= 0.3 is 0 Å². The summed E-state index contributed by atoms with van der Waals surface area (Å²) >= 11 is 0. The summed E-state index contributed by atoms with van der Waals surface area (Å²) < 4.78 is 14.2. The van der Waals surface area contributed by atoms with Crippen LogP contribution in [0.1, 0.15) is 47.2 Å². The van der Waals surface area contributed by atoms with Gasteiger partial charge in [-0.1, -0.05) is 178 Å². The molecule has 2 aliphatic heterocycles. The highest BCUT2D eigenvalue weighted by Crippen LogP contribution is 2.64. The molecule has 0 saturated carbocycles. The van der Waals surface area contributed by atoms with E-state index >= 15 is 0 Å². The van der Waals surface area contributed by atoms with Gasteiger partial charge in [0, 0.05) is 39.0 Å². The van der Waals surface area contributed by atoms with E-state index < -0.39 is 5.41 Å². The van der Waals surface area contributed by atoms with Crippen molar-refractivity contribution in [3.05, 3.63) is 246 Å². The Bertz CT molecular complexity index is 3140. The third kappa shape index (κ3) is 5.23. The second-order valence-electron chi connectivity index (χ2n) is 16.8. The molecular weight excluding hydrogens is 743 g/mol. The molecule has 0 radical (unpaired) electrons. The maximum absolute atomic E-state index is 7.47. The van der Waals surface area contributed by atoms with Gasteiger partial charge in [-0.2, -0.15) is 0 Å². The van der Waals surface area contributed by atoms with E-state index in [0.717, 1.165) is 84.6 Å². The van der Waals surface area contributed by atoms with Gasteiger partial charge in [-0.25, -0.2) is 0 Å². The fourth-order valence-corrected chi connectivity index (χ4v) is 10.4. The molecule has 9 aromatic rings. The normalized spacial score (nSPS) is 14.3. The summed E-state index contributed by atoms with van der Waals surface area (Å²) in [5, 5.41) is 0. The Labute approximate surface area is 356 Å². The van der Waals surface area contributed by atoms with Crippen LogP contribution in [0.25, 0.3) is 33.4 Å². The maximum Gasteiger partial charge on any atom is 0.156 e. The molecule has 0 amide bonds. The van der Waals surface area contributed by atoms with Gasteiger partial charge in [-0.15, -0.1) is 0 Å². The van der Waals surface area contributed by atoms with Gasteiger partial charge in [-0.05, 0) is 93.0 Å². The van der Waals surface area contributed by atoms with Crippen LogP contribution in [0.15, 0.2) is 212 Å². The minimum Gasteiger partial charge on any atom is -0.457 e. The molecule has 0 atom stereocenters. The molecule has 1 spiro atoms. The number of fused-ring (bicyclic) bond motifs is 11. The predicted octanol–water partition coefficient (Wildman–Crippen LogP) is 15.4. The van der Waals surface area contributed by atoms with Crippen LogP contribution in [0.4, 0.5) is 17.1 Å². The molecule has 2 heterocycles. The molecule has 0 saturated heterocycles. The lowest BCUT2D eigenvalue weighted by Gasteiger charge is -2.45. The zero-order chi connectivity index (χ0) is 40.7. The Kier molecular flexibility index (Phi) is 7.79. The van der Waals surface area contributed by atoms with Crippen LogP contribution in [-0.2, 0) is 10.8 Å². The molecule has 0 aromatic heterocycles. The van der Waals surface area contributed by atoms with E-state index in [4.69, 9.17) is 9.47 Å². The van der Waals surface area contributed by atoms with Crippen molar-refractivity contribution in [1.29, 1.82) is 0 Å². The fraction of sp³-hybridized carbons (Fsp3) is 0.0690. The number of para-hydroxylation sites is 3. The Balaban J connectivity index is 1.15. The van der Waals surface area contributed by atoms with Gasteiger partial charge in [0.05, 0.1) is 11.1 Å². The number of nitrogens with zero attached hydrogens (tertiary/aromatic N) is 1. The highest BCUT2D eigenvalue weighted by Gasteiger charge is 2.51. The van der Waals surface area contributed by atoms with E-state index in [9.17, 15) is 0 Å². The third-order valence-electron chi connectivity index (χ3n) is 13.2. The van der Waals surface area contributed by atoms with Crippen LogP contribution in [0.3, 0.4) is 0 Å². The van der Waals surface area contributed by atoms with Gasteiger partial charge in [-0.3, -0.25) is 0 Å². The summed E-state index contributed by atoms with van der Waals surface area (Å²) in [7, 11) is 0. The Morgan fingerprint density at radius 2 is 0.885 bits per heavy atom. The highest BCUT2D eigenvalue weighted by atomic mass is 16.5. The average molecular weight is 784 g/mol. The number of ether oxygens (including phenoxy) is 2.